The van der Waals surface area contributed by atoms with Gasteiger partial charge < -0.3 is 0 Å². The summed E-state index contributed by atoms with van der Waals surface area (Å²) in [4.78, 5) is 0.901. The highest BCUT2D eigenvalue weighted by molar-refractivity contribution is 7.90. The van der Waals surface area contributed by atoms with Gasteiger partial charge in [-0.1, -0.05) is 249 Å². The van der Waals surface area contributed by atoms with Crippen LogP contribution in [0.25, 0.3) is 78.1 Å². The second-order valence-corrected chi connectivity index (χ2v) is 16.7. The summed E-state index contributed by atoms with van der Waals surface area (Å²) in [6, 6.07) is 86.8. The van der Waals surface area contributed by atoms with Gasteiger partial charge in [0.2, 0.25) is 0 Å². The van der Waals surface area contributed by atoms with Gasteiger partial charge in [-0.3, -0.25) is 0 Å². The lowest BCUT2D eigenvalue weighted by Gasteiger charge is -2.19. The number of benzene rings is 10. The number of hydrogen-bond acceptors (Lipinski definition) is 1. The zero-order valence-corrected chi connectivity index (χ0v) is 36.8. The minimum absolute atomic E-state index is 0.901. The van der Waals surface area contributed by atoms with Crippen molar-refractivity contribution in [3.63, 3.8) is 0 Å². The second-order valence-electron chi connectivity index (χ2n) is 16.2. The minimum atomic E-state index is 0.901. The molecule has 0 amide bonds. The Morgan fingerprint density at radius 3 is 1.11 bits per heavy atom. The molecule has 0 saturated heterocycles. The first-order valence-electron chi connectivity index (χ1n) is 22.1. The zero-order chi connectivity index (χ0) is 43.8. The molecule has 0 nitrogen and oxygen atoms in total. The topological polar surface area (TPSA) is 0 Å². The lowest BCUT2D eigenvalue weighted by molar-refractivity contribution is 1.55. The fourth-order valence-corrected chi connectivity index (χ4v) is 9.06. The van der Waals surface area contributed by atoms with Gasteiger partial charge in [-0.05, 0) is 124 Å². The van der Waals surface area contributed by atoms with Gasteiger partial charge in [0.05, 0.1) is 0 Å². The minimum Gasteiger partial charge on any atom is -0.143 e. The molecule has 1 heteroatoms. The Bertz CT molecular complexity index is 3260. The van der Waals surface area contributed by atoms with Gasteiger partial charge in [-0.25, -0.2) is 0 Å². The van der Waals surface area contributed by atoms with Crippen molar-refractivity contribution in [3.8, 4) is 22.3 Å². The molecule has 10 aromatic rings. The quantitative estimate of drug-likeness (QED) is 0.0570. The molecule has 0 heterocycles. The molecule has 0 aliphatic carbocycles. The summed E-state index contributed by atoms with van der Waals surface area (Å²) in [6.07, 6.45) is 10.9. The molecule has 0 aliphatic heterocycles. The van der Waals surface area contributed by atoms with Crippen molar-refractivity contribution in [2.75, 3.05) is 0 Å². The Morgan fingerprint density at radius 1 is 0.308 bits per heavy atom. The fourth-order valence-electron chi connectivity index (χ4n) is 8.83. The van der Waals surface area contributed by atoms with Crippen LogP contribution in [-0.4, -0.2) is 0 Å². The molecule has 308 valence electrons. The molecular weight excluding hydrogens is 801 g/mol. The highest BCUT2D eigenvalue weighted by Gasteiger charge is 2.18. The van der Waals surface area contributed by atoms with Gasteiger partial charge in [-0.2, -0.15) is 0 Å². The summed E-state index contributed by atoms with van der Waals surface area (Å²) < 4.78 is 0. The summed E-state index contributed by atoms with van der Waals surface area (Å²) in [6.45, 7) is 0. The molecule has 0 radical (unpaired) electrons. The van der Waals surface area contributed by atoms with E-state index >= 15 is 0 Å². The normalized spacial score (nSPS) is 11.5. The average Bonchev–Trinajstić information content (AvgIpc) is 3.38. The SMILES string of the molecule is S/C(=C\C=C\c1ccccc1)c1ccc2c(-c3ccc(C=C(c4ccccc4)c4ccccc4)cc3)c3ccccc3c(-c3ccc(C=C(c4ccccc4)c4ccccc4)cc3)c2c1. The monoisotopic (exact) mass is 846 g/mol. The summed E-state index contributed by atoms with van der Waals surface area (Å²) >= 11 is 5.08. The lowest BCUT2D eigenvalue weighted by atomic mass is 9.85. The smallest absolute Gasteiger partial charge is 0.0113 e. The second kappa shape index (κ2) is 19.2. The molecule has 0 aliphatic rings. The molecule has 65 heavy (non-hydrogen) atoms. The number of thiol groups is 1. The number of fused-ring (bicyclic) bond motifs is 2. The standard InChI is InChI=1S/C64H46S/c65-62(32-18-21-46-19-6-1-7-20-46)55-41-42-58-61(45-55)64(54-39-35-48(36-40-54)44-60(51-26-12-4-13-27-51)52-28-14-5-15-29-52)57-31-17-16-30-56(57)63(58)53-37-33-47(34-38-53)43-59(49-22-8-2-9-23-49)50-24-10-3-11-25-50/h1-45,65H/b21-18+,62-32-. The van der Waals surface area contributed by atoms with Crippen LogP contribution in [-0.2, 0) is 0 Å². The summed E-state index contributed by atoms with van der Waals surface area (Å²) in [5.74, 6) is 0. The predicted octanol–water partition coefficient (Wildman–Crippen LogP) is 17.5. The van der Waals surface area contributed by atoms with E-state index < -0.39 is 0 Å². The molecule has 0 fully saturated rings. The molecule has 10 rings (SSSR count). The van der Waals surface area contributed by atoms with E-state index in [9.17, 15) is 0 Å². The molecule has 0 saturated carbocycles. The van der Waals surface area contributed by atoms with Gasteiger partial charge in [-0.15, -0.1) is 12.6 Å². The zero-order valence-electron chi connectivity index (χ0n) is 35.9. The van der Waals surface area contributed by atoms with Crippen LogP contribution in [0.3, 0.4) is 0 Å². The third-order valence-electron chi connectivity index (χ3n) is 12.0. The Labute approximate surface area is 388 Å². The maximum absolute atomic E-state index is 5.08. The number of hydrogen-bond donors (Lipinski definition) is 1. The first-order valence-corrected chi connectivity index (χ1v) is 22.6. The van der Waals surface area contributed by atoms with Crippen molar-refractivity contribution in [1.82, 2.24) is 0 Å². The largest absolute Gasteiger partial charge is 0.143 e. The van der Waals surface area contributed by atoms with Crippen LogP contribution < -0.4 is 0 Å². The van der Waals surface area contributed by atoms with Gasteiger partial charge in [0.1, 0.15) is 0 Å². The molecule has 0 atom stereocenters. The van der Waals surface area contributed by atoms with E-state index in [0.29, 0.717) is 0 Å². The number of rotatable bonds is 11. The Kier molecular flexibility index (Phi) is 12.1. The van der Waals surface area contributed by atoms with Gasteiger partial charge in [0.15, 0.2) is 0 Å². The van der Waals surface area contributed by atoms with E-state index in [0.717, 1.165) is 32.7 Å². The molecule has 10 aromatic carbocycles. The van der Waals surface area contributed by atoms with Crippen molar-refractivity contribution < 1.29 is 0 Å². The highest BCUT2D eigenvalue weighted by atomic mass is 32.1. The molecule has 0 bridgehead atoms. The van der Waals surface area contributed by atoms with E-state index in [1.807, 2.05) is 6.07 Å². The van der Waals surface area contributed by atoms with E-state index in [1.165, 1.54) is 71.6 Å². The lowest BCUT2D eigenvalue weighted by Crippen LogP contribution is -1.93. The van der Waals surface area contributed by atoms with Crippen LogP contribution in [0.15, 0.2) is 255 Å². The first kappa shape index (κ1) is 41.1. The highest BCUT2D eigenvalue weighted by Crippen LogP contribution is 2.45. The van der Waals surface area contributed by atoms with E-state index in [1.54, 1.807) is 0 Å². The van der Waals surface area contributed by atoms with E-state index in [-0.39, 0.29) is 0 Å². The van der Waals surface area contributed by atoms with E-state index in [4.69, 9.17) is 12.6 Å². The average molecular weight is 847 g/mol. The Balaban J connectivity index is 1.11. The van der Waals surface area contributed by atoms with Crippen molar-refractivity contribution >= 4 is 68.5 Å². The van der Waals surface area contributed by atoms with Crippen LogP contribution in [0, 0.1) is 0 Å². The Morgan fingerprint density at radius 2 is 0.677 bits per heavy atom. The van der Waals surface area contributed by atoms with Crippen LogP contribution in [0.1, 0.15) is 44.5 Å². The van der Waals surface area contributed by atoms with Gasteiger partial charge >= 0.3 is 0 Å². The van der Waals surface area contributed by atoms with E-state index in [2.05, 4.69) is 267 Å². The maximum atomic E-state index is 5.08. The van der Waals surface area contributed by atoms with Crippen molar-refractivity contribution in [1.29, 1.82) is 0 Å². The number of allylic oxidation sites excluding steroid dienone is 2. The molecule has 0 aromatic heterocycles. The van der Waals surface area contributed by atoms with Crippen LogP contribution in [0.2, 0.25) is 0 Å². The first-order chi connectivity index (χ1) is 32.2. The van der Waals surface area contributed by atoms with Crippen LogP contribution >= 0.6 is 12.6 Å². The Hall–Kier alpha value is -7.97. The fraction of sp³-hybridized carbons (Fsp3) is 0. The summed E-state index contributed by atoms with van der Waals surface area (Å²) in [5, 5.41) is 4.80. The van der Waals surface area contributed by atoms with Crippen molar-refractivity contribution in [2.24, 2.45) is 0 Å². The van der Waals surface area contributed by atoms with Crippen molar-refractivity contribution in [2.45, 2.75) is 0 Å². The van der Waals surface area contributed by atoms with Crippen LogP contribution in [0.5, 0.6) is 0 Å². The predicted molar refractivity (Wildman–Crippen MR) is 284 cm³/mol. The van der Waals surface area contributed by atoms with Gasteiger partial charge in [0.25, 0.3) is 0 Å². The molecule has 0 N–H and O–H groups in total. The molecular formula is C64H46S. The third kappa shape index (κ3) is 9.11. The third-order valence-corrected chi connectivity index (χ3v) is 12.4. The molecule has 0 spiro atoms. The van der Waals surface area contributed by atoms with Crippen molar-refractivity contribution in [3.05, 3.63) is 299 Å². The molecule has 0 unspecified atom stereocenters. The summed E-state index contributed by atoms with van der Waals surface area (Å²) in [7, 11) is 0. The van der Waals surface area contributed by atoms with Crippen LogP contribution in [0.4, 0.5) is 0 Å². The summed E-state index contributed by atoms with van der Waals surface area (Å²) in [5.41, 5.74) is 16.4. The van der Waals surface area contributed by atoms with Gasteiger partial charge in [0, 0.05) is 4.91 Å². The maximum Gasteiger partial charge on any atom is 0.0113 e.